The van der Waals surface area contributed by atoms with Crippen molar-refractivity contribution in [3.8, 4) is 17.0 Å². The van der Waals surface area contributed by atoms with E-state index in [2.05, 4.69) is 48.4 Å². The SMILES string of the molecule is CC(C)(C)c1ccc(OCc2ccc(C(=O)NN=Cc3c(-c4ccccc4)[nH]c4ccccc34)cc2)cc1. The minimum absolute atomic E-state index is 0.110. The summed E-state index contributed by atoms with van der Waals surface area (Å²) < 4.78 is 5.92. The Morgan fingerprint density at radius 1 is 0.868 bits per heavy atom. The van der Waals surface area contributed by atoms with Crippen molar-refractivity contribution < 1.29 is 9.53 Å². The van der Waals surface area contributed by atoms with Gasteiger partial charge in [0.2, 0.25) is 0 Å². The van der Waals surface area contributed by atoms with E-state index in [1.54, 1.807) is 18.3 Å². The fourth-order valence-electron chi connectivity index (χ4n) is 4.32. The molecule has 5 heteroatoms. The molecule has 1 heterocycles. The smallest absolute Gasteiger partial charge is 0.271 e. The highest BCUT2D eigenvalue weighted by molar-refractivity contribution is 6.06. The van der Waals surface area contributed by atoms with Gasteiger partial charge in [-0.2, -0.15) is 5.10 Å². The maximum absolute atomic E-state index is 12.7. The molecule has 2 N–H and O–H groups in total. The summed E-state index contributed by atoms with van der Waals surface area (Å²) in [5.41, 5.74) is 9.51. The van der Waals surface area contributed by atoms with Crippen molar-refractivity contribution in [1.82, 2.24) is 10.4 Å². The van der Waals surface area contributed by atoms with Crippen LogP contribution in [-0.2, 0) is 12.0 Å². The second-order valence-electron chi connectivity index (χ2n) is 10.3. The van der Waals surface area contributed by atoms with Crippen molar-refractivity contribution >= 4 is 23.0 Å². The normalized spacial score (nSPS) is 11.7. The third-order valence-corrected chi connectivity index (χ3v) is 6.51. The molecule has 0 aliphatic carbocycles. The van der Waals surface area contributed by atoms with Gasteiger partial charge >= 0.3 is 0 Å². The Hall–Kier alpha value is -4.64. The molecule has 4 aromatic carbocycles. The number of para-hydroxylation sites is 1. The quantitative estimate of drug-likeness (QED) is 0.179. The number of aromatic amines is 1. The molecule has 1 amide bonds. The molecule has 0 atom stereocenters. The lowest BCUT2D eigenvalue weighted by molar-refractivity contribution is 0.0955. The number of rotatable bonds is 7. The van der Waals surface area contributed by atoms with Crippen LogP contribution in [0.4, 0.5) is 0 Å². The van der Waals surface area contributed by atoms with Gasteiger partial charge in [0.1, 0.15) is 12.4 Å². The highest BCUT2D eigenvalue weighted by Gasteiger charge is 2.13. The van der Waals surface area contributed by atoms with Crippen molar-refractivity contribution in [1.29, 1.82) is 0 Å². The van der Waals surface area contributed by atoms with Gasteiger partial charge in [0, 0.05) is 22.0 Å². The zero-order valence-electron chi connectivity index (χ0n) is 21.9. The minimum atomic E-state index is -0.271. The average Bonchev–Trinajstić information content (AvgIpc) is 3.31. The Morgan fingerprint density at radius 2 is 1.55 bits per heavy atom. The second kappa shape index (κ2) is 10.8. The molecule has 0 radical (unpaired) electrons. The Balaban J connectivity index is 1.23. The summed E-state index contributed by atoms with van der Waals surface area (Å²) in [6.45, 7) is 7.00. The van der Waals surface area contributed by atoms with Gasteiger partial charge in [0.05, 0.1) is 11.9 Å². The topological polar surface area (TPSA) is 66.5 Å². The van der Waals surface area contributed by atoms with Crippen molar-refractivity contribution in [2.45, 2.75) is 32.8 Å². The summed E-state index contributed by atoms with van der Waals surface area (Å²) in [5.74, 6) is 0.550. The van der Waals surface area contributed by atoms with E-state index in [9.17, 15) is 4.79 Å². The number of fused-ring (bicyclic) bond motifs is 1. The summed E-state index contributed by atoms with van der Waals surface area (Å²) in [7, 11) is 0. The molecular weight excluding hydrogens is 470 g/mol. The van der Waals surface area contributed by atoms with Gasteiger partial charge in [0.25, 0.3) is 5.91 Å². The van der Waals surface area contributed by atoms with Crippen molar-refractivity contribution in [2.24, 2.45) is 5.10 Å². The van der Waals surface area contributed by atoms with Crippen LogP contribution in [0.5, 0.6) is 5.75 Å². The van der Waals surface area contributed by atoms with Gasteiger partial charge in [-0.1, -0.05) is 93.6 Å². The van der Waals surface area contributed by atoms with Crippen LogP contribution in [0.1, 0.15) is 47.8 Å². The summed E-state index contributed by atoms with van der Waals surface area (Å²) in [6, 6.07) is 33.7. The number of hydrogen-bond acceptors (Lipinski definition) is 3. The average molecular weight is 502 g/mol. The van der Waals surface area contributed by atoms with E-state index >= 15 is 0 Å². The van der Waals surface area contributed by atoms with E-state index in [0.29, 0.717) is 12.2 Å². The van der Waals surface area contributed by atoms with Crippen molar-refractivity contribution in [3.05, 3.63) is 125 Å². The molecule has 0 fully saturated rings. The molecular formula is C33H31N3O2. The van der Waals surface area contributed by atoms with Crippen LogP contribution in [0.3, 0.4) is 0 Å². The van der Waals surface area contributed by atoms with E-state index in [0.717, 1.165) is 39.0 Å². The first-order chi connectivity index (χ1) is 18.4. The van der Waals surface area contributed by atoms with E-state index in [4.69, 9.17) is 4.74 Å². The van der Waals surface area contributed by atoms with Gasteiger partial charge in [-0.3, -0.25) is 4.79 Å². The fraction of sp³-hybridized carbons (Fsp3) is 0.152. The lowest BCUT2D eigenvalue weighted by Crippen LogP contribution is -2.17. The molecule has 5 aromatic rings. The van der Waals surface area contributed by atoms with Gasteiger partial charge in [0.15, 0.2) is 0 Å². The number of hydrazone groups is 1. The Bertz CT molecular complexity index is 1560. The van der Waals surface area contributed by atoms with Gasteiger partial charge in [-0.25, -0.2) is 5.43 Å². The number of aromatic nitrogens is 1. The van der Waals surface area contributed by atoms with Gasteiger partial charge in [-0.05, 0) is 52.4 Å². The lowest BCUT2D eigenvalue weighted by atomic mass is 9.87. The number of hydrogen-bond donors (Lipinski definition) is 2. The Labute approximate surface area is 223 Å². The molecule has 190 valence electrons. The summed E-state index contributed by atoms with van der Waals surface area (Å²) in [6.07, 6.45) is 1.70. The number of nitrogens with zero attached hydrogens (tertiary/aromatic N) is 1. The summed E-state index contributed by atoms with van der Waals surface area (Å²) in [5, 5.41) is 5.32. The first-order valence-corrected chi connectivity index (χ1v) is 12.7. The molecule has 1 aromatic heterocycles. The Kier molecular flexibility index (Phi) is 7.09. The van der Waals surface area contributed by atoms with Crippen LogP contribution in [0, 0.1) is 0 Å². The number of benzene rings is 4. The summed E-state index contributed by atoms with van der Waals surface area (Å²) in [4.78, 5) is 16.2. The van der Waals surface area contributed by atoms with Gasteiger partial charge in [-0.15, -0.1) is 0 Å². The number of ether oxygens (including phenoxy) is 1. The molecule has 0 aliphatic heterocycles. The predicted octanol–water partition coefficient (Wildman–Crippen LogP) is 7.48. The minimum Gasteiger partial charge on any atom is -0.489 e. The molecule has 0 aliphatic rings. The lowest BCUT2D eigenvalue weighted by Gasteiger charge is -2.19. The monoisotopic (exact) mass is 501 g/mol. The molecule has 5 nitrogen and oxygen atoms in total. The molecule has 0 saturated heterocycles. The number of carbonyl (C=O) groups is 1. The van der Waals surface area contributed by atoms with Crippen LogP contribution in [-0.4, -0.2) is 17.1 Å². The standard InChI is InChI=1S/C33H31N3O2/c1-33(2,3)26-17-19-27(20-18-26)38-22-23-13-15-25(16-14-23)32(37)36-34-21-29-28-11-7-8-12-30(28)35-31(29)24-9-5-4-6-10-24/h4-21,35H,22H2,1-3H3,(H,36,37). The van der Waals surface area contributed by atoms with E-state index < -0.39 is 0 Å². The molecule has 0 saturated carbocycles. The van der Waals surface area contributed by atoms with Crippen LogP contribution >= 0.6 is 0 Å². The molecule has 38 heavy (non-hydrogen) atoms. The third-order valence-electron chi connectivity index (χ3n) is 6.51. The number of amides is 1. The number of H-pyrrole nitrogens is 1. The number of carbonyl (C=O) groups excluding carboxylic acids is 1. The van der Waals surface area contributed by atoms with E-state index in [-0.39, 0.29) is 11.3 Å². The predicted molar refractivity (Wildman–Crippen MR) is 155 cm³/mol. The molecule has 0 spiro atoms. The molecule has 5 rings (SSSR count). The van der Waals surface area contributed by atoms with Crippen molar-refractivity contribution in [2.75, 3.05) is 0 Å². The van der Waals surface area contributed by atoms with Gasteiger partial charge < -0.3 is 9.72 Å². The summed E-state index contributed by atoms with van der Waals surface area (Å²) >= 11 is 0. The van der Waals surface area contributed by atoms with E-state index in [1.807, 2.05) is 78.9 Å². The first-order valence-electron chi connectivity index (χ1n) is 12.7. The van der Waals surface area contributed by atoms with Crippen LogP contribution in [0.15, 0.2) is 108 Å². The highest BCUT2D eigenvalue weighted by atomic mass is 16.5. The van der Waals surface area contributed by atoms with Crippen LogP contribution < -0.4 is 10.2 Å². The second-order valence-corrected chi connectivity index (χ2v) is 10.3. The van der Waals surface area contributed by atoms with E-state index in [1.165, 1.54) is 5.56 Å². The zero-order chi connectivity index (χ0) is 26.5. The first kappa shape index (κ1) is 25.0. The van der Waals surface area contributed by atoms with Crippen LogP contribution in [0.25, 0.3) is 22.2 Å². The molecule has 0 unspecified atom stereocenters. The maximum atomic E-state index is 12.7. The zero-order valence-corrected chi connectivity index (χ0v) is 21.9. The highest BCUT2D eigenvalue weighted by Crippen LogP contribution is 2.29. The Morgan fingerprint density at radius 3 is 2.26 bits per heavy atom. The van der Waals surface area contributed by atoms with Crippen molar-refractivity contribution in [3.63, 3.8) is 0 Å². The number of nitrogens with one attached hydrogen (secondary N) is 2. The fourth-order valence-corrected chi connectivity index (χ4v) is 4.32. The third kappa shape index (κ3) is 5.68. The maximum Gasteiger partial charge on any atom is 0.271 e. The largest absolute Gasteiger partial charge is 0.489 e. The van der Waals surface area contributed by atoms with Crippen LogP contribution in [0.2, 0.25) is 0 Å². The molecule has 0 bridgehead atoms.